The molecular weight excluding hydrogens is 1460 g/mol. The van der Waals surface area contributed by atoms with Gasteiger partial charge in [0.1, 0.15) is 25.4 Å². The molecule has 0 fully saturated rings. The summed E-state index contributed by atoms with van der Waals surface area (Å²) in [5.74, 6) is -1.61. The Balaban J connectivity index is 4.72. The molecule has 16 nitrogen and oxygen atoms in total. The molecule has 0 saturated carbocycles. The maximum Gasteiger partial charge on any atom is 0.472 e. The van der Waals surface area contributed by atoms with E-state index in [9.17, 15) is 43.5 Å². The van der Waals surface area contributed by atoms with Crippen molar-refractivity contribution in [2.75, 3.05) is 39.6 Å². The van der Waals surface area contributed by atoms with Gasteiger partial charge in [-0.2, -0.15) is 0 Å². The van der Waals surface area contributed by atoms with Crippen LogP contribution >= 0.6 is 15.6 Å². The lowest BCUT2D eigenvalue weighted by atomic mass is 10.0. The predicted octanol–water partition coefficient (Wildman–Crippen LogP) is 26.7. The Bertz CT molecular complexity index is 2830. The first kappa shape index (κ1) is 107. The molecule has 18 heteroatoms. The summed E-state index contributed by atoms with van der Waals surface area (Å²) in [4.78, 5) is 59.0. The lowest BCUT2D eigenvalue weighted by Crippen LogP contribution is -2.30. The van der Waals surface area contributed by atoms with Gasteiger partial charge in [0.15, 0.2) is 6.10 Å². The highest BCUT2D eigenvalue weighted by molar-refractivity contribution is 7.47. The Hall–Kier alpha value is -5.61. The molecule has 642 valence electrons. The first-order chi connectivity index (χ1) is 55.2. The topological polar surface area (TPSA) is 231 Å². The van der Waals surface area contributed by atoms with Crippen molar-refractivity contribution in [3.63, 3.8) is 0 Å². The Morgan fingerprint density at radius 1 is 0.248 bits per heavy atom. The molecule has 5 atom stereocenters. The summed E-state index contributed by atoms with van der Waals surface area (Å²) in [6.07, 6.45) is 113. The van der Waals surface area contributed by atoms with Crippen molar-refractivity contribution in [3.8, 4) is 0 Å². The minimum atomic E-state index is -4.95. The van der Waals surface area contributed by atoms with E-state index in [2.05, 4.69) is 215 Å². The molecule has 0 aromatic carbocycles. The van der Waals surface area contributed by atoms with Crippen LogP contribution < -0.4 is 0 Å². The monoisotopic (exact) mass is 1620 g/mol. The number of phosphoric ester groups is 2. The third-order valence-corrected chi connectivity index (χ3v) is 19.7. The predicted molar refractivity (Wildman–Crippen MR) is 472 cm³/mol. The SMILES string of the molecule is CC/C=C\C/C=C\C/C=C\C/C=C\C/C=C\C/C=C\CCCCCCCCC(=O)OCC(COP(=O)(O)OCC(O)COP(=O)(O)OCC(O)COC(=O)CCCCCCCCCCCCC/C=C\C/C=C\C/C=C\C/C=C\C/C=C\CC)OC(=O)CCCCCCCCCCC/C=C\C/C=C\C/C=C\C/C=C\C/C=C\CC. The highest BCUT2D eigenvalue weighted by Gasteiger charge is 2.29. The Morgan fingerprint density at radius 2 is 0.442 bits per heavy atom. The van der Waals surface area contributed by atoms with Gasteiger partial charge in [0.25, 0.3) is 0 Å². The second-order valence-electron chi connectivity index (χ2n) is 28.5. The molecule has 113 heavy (non-hydrogen) atoms. The van der Waals surface area contributed by atoms with Gasteiger partial charge in [0, 0.05) is 19.3 Å². The summed E-state index contributed by atoms with van der Waals surface area (Å²) < 4.78 is 61.4. The number of rotatable bonds is 81. The average Bonchev–Trinajstić information content (AvgIpc) is 0.906. The fourth-order valence-corrected chi connectivity index (χ4v) is 12.9. The number of aliphatic hydroxyl groups excluding tert-OH is 2. The number of aliphatic hydroxyl groups is 2. The maximum atomic E-state index is 13.1. The third kappa shape index (κ3) is 87.1. The summed E-state index contributed by atoms with van der Waals surface area (Å²) in [6.45, 7) is 2.33. The third-order valence-electron chi connectivity index (χ3n) is 17.8. The lowest BCUT2D eigenvalue weighted by molar-refractivity contribution is -0.161. The summed E-state index contributed by atoms with van der Waals surface area (Å²) in [7, 11) is -9.82. The smallest absolute Gasteiger partial charge is 0.463 e. The van der Waals surface area contributed by atoms with Crippen LogP contribution in [0.2, 0.25) is 0 Å². The van der Waals surface area contributed by atoms with E-state index in [4.69, 9.17) is 32.3 Å². The van der Waals surface area contributed by atoms with E-state index in [1.54, 1.807) is 0 Å². The zero-order chi connectivity index (χ0) is 82.2. The van der Waals surface area contributed by atoms with Crippen molar-refractivity contribution >= 4 is 33.6 Å². The molecule has 0 saturated heterocycles. The van der Waals surface area contributed by atoms with Gasteiger partial charge in [-0.1, -0.05) is 344 Å². The highest BCUT2D eigenvalue weighted by Crippen LogP contribution is 2.45. The Labute approximate surface area is 687 Å². The molecule has 0 spiro atoms. The largest absolute Gasteiger partial charge is 0.472 e. The molecule has 0 aromatic heterocycles. The Kier molecular flexibility index (Phi) is 81.5. The van der Waals surface area contributed by atoms with Crippen molar-refractivity contribution in [2.24, 2.45) is 0 Å². The van der Waals surface area contributed by atoms with Gasteiger partial charge in [-0.15, -0.1) is 0 Å². The number of esters is 3. The summed E-state index contributed by atoms with van der Waals surface area (Å²) in [6, 6.07) is 0. The van der Waals surface area contributed by atoms with Crippen LogP contribution in [-0.4, -0.2) is 95.9 Å². The molecule has 4 N–H and O–H groups in total. The average molecular weight is 1620 g/mol. The first-order valence-electron chi connectivity index (χ1n) is 43.7. The fraction of sp³-hybridized carbons (Fsp3) is 0.632. The molecule has 0 aromatic rings. The lowest BCUT2D eigenvalue weighted by Gasteiger charge is -2.21. The fourth-order valence-electron chi connectivity index (χ4n) is 11.3. The molecule has 0 aliphatic heterocycles. The van der Waals surface area contributed by atoms with Crippen molar-refractivity contribution in [3.05, 3.63) is 194 Å². The number of hydrogen-bond donors (Lipinski definition) is 4. The van der Waals surface area contributed by atoms with Gasteiger partial charge in [0.05, 0.1) is 26.4 Å². The van der Waals surface area contributed by atoms with Gasteiger partial charge < -0.3 is 34.2 Å². The highest BCUT2D eigenvalue weighted by atomic mass is 31.2. The quantitative estimate of drug-likeness (QED) is 0.0146. The maximum absolute atomic E-state index is 13.1. The van der Waals surface area contributed by atoms with Crippen molar-refractivity contribution < 1.29 is 75.8 Å². The van der Waals surface area contributed by atoms with Gasteiger partial charge in [-0.25, -0.2) is 9.13 Å². The minimum Gasteiger partial charge on any atom is -0.463 e. The van der Waals surface area contributed by atoms with E-state index in [-0.39, 0.29) is 19.3 Å². The summed E-state index contributed by atoms with van der Waals surface area (Å²) in [5.41, 5.74) is 0. The number of carbonyl (C=O) groups is 3. The molecule has 0 aliphatic rings. The van der Waals surface area contributed by atoms with E-state index in [0.29, 0.717) is 19.3 Å². The molecule has 0 heterocycles. The van der Waals surface area contributed by atoms with Gasteiger partial charge in [-0.05, 0) is 161 Å². The van der Waals surface area contributed by atoms with Crippen LogP contribution in [0, 0.1) is 0 Å². The van der Waals surface area contributed by atoms with Crippen LogP contribution in [0.25, 0.3) is 0 Å². The number of unbranched alkanes of at least 4 members (excludes halogenated alkanes) is 26. The molecular formula is C95H156O16P2. The first-order valence-corrected chi connectivity index (χ1v) is 46.7. The van der Waals surface area contributed by atoms with E-state index in [1.807, 2.05) is 0 Å². The van der Waals surface area contributed by atoms with Crippen LogP contribution in [0.5, 0.6) is 0 Å². The number of ether oxygens (including phenoxy) is 3. The number of hydrogen-bond acceptors (Lipinski definition) is 14. The minimum absolute atomic E-state index is 0.0857. The van der Waals surface area contributed by atoms with Crippen LogP contribution in [0.4, 0.5) is 0 Å². The summed E-state index contributed by atoms with van der Waals surface area (Å²) >= 11 is 0. The van der Waals surface area contributed by atoms with E-state index >= 15 is 0 Å². The van der Waals surface area contributed by atoms with Crippen LogP contribution in [-0.2, 0) is 55.8 Å². The molecule has 5 unspecified atom stereocenters. The van der Waals surface area contributed by atoms with Crippen molar-refractivity contribution in [1.82, 2.24) is 0 Å². The standard InChI is InChI=1S/C95H156O16P2/c1-4-7-10-13-16-19-22-25-28-31-34-37-40-43-44-47-49-51-54-57-60-63-66-69-72-75-78-81-93(98)105-84-90(96)85-107-112(101,102)108-86-91(97)87-109-113(103,104)110-89-92(111-95(100)83-80-77-74-71-68-65-62-59-56-53-50-46-42-39-36-33-30-27-24-21-18-15-12-9-6-3)88-106-94(99)82-79-76-73-70-67-64-61-58-55-52-48-45-41-38-35-32-29-26-23-20-17-14-11-8-5-2/h7-12,16-21,25-30,34-39,43-46,48,50,55,58,90-92,96-97H,4-6,13-15,22-24,31-33,40-42,47,49,51-54,56-57,59-89H2,1-3H3,(H,101,102)(H,103,104)/b10-7-,11-8-,12-9-,19-16-,20-17-,21-18-,28-25-,29-26-,30-27-,37-34-,38-35-,39-36-,44-43-,48-45-,50-46-,58-55-. The van der Waals surface area contributed by atoms with E-state index < -0.39 is 91.5 Å². The van der Waals surface area contributed by atoms with Crippen LogP contribution in [0.15, 0.2) is 194 Å². The summed E-state index contributed by atoms with van der Waals surface area (Å²) in [5, 5.41) is 20.7. The van der Waals surface area contributed by atoms with Gasteiger partial charge in [0.2, 0.25) is 0 Å². The van der Waals surface area contributed by atoms with E-state index in [0.717, 1.165) is 212 Å². The van der Waals surface area contributed by atoms with Gasteiger partial charge in [-0.3, -0.25) is 32.5 Å². The molecule has 0 radical (unpaired) electrons. The second-order valence-corrected chi connectivity index (χ2v) is 31.5. The zero-order valence-electron chi connectivity index (χ0n) is 70.5. The number of allylic oxidation sites excluding steroid dienone is 32. The molecule has 0 bridgehead atoms. The van der Waals surface area contributed by atoms with Gasteiger partial charge >= 0.3 is 33.6 Å². The Morgan fingerprint density at radius 3 is 0.699 bits per heavy atom. The van der Waals surface area contributed by atoms with Crippen LogP contribution in [0.1, 0.15) is 329 Å². The molecule has 0 aliphatic carbocycles. The normalized spacial score (nSPS) is 14.8. The van der Waals surface area contributed by atoms with Crippen molar-refractivity contribution in [1.29, 1.82) is 0 Å². The van der Waals surface area contributed by atoms with Crippen LogP contribution in [0.3, 0.4) is 0 Å². The zero-order valence-corrected chi connectivity index (χ0v) is 72.3. The van der Waals surface area contributed by atoms with E-state index in [1.165, 1.54) is 57.8 Å². The molecule has 0 amide bonds. The second kappa shape index (κ2) is 85.8. The molecule has 0 rings (SSSR count). The van der Waals surface area contributed by atoms with Crippen molar-refractivity contribution in [2.45, 2.75) is 347 Å². The number of carbonyl (C=O) groups excluding carboxylic acids is 3. The number of phosphoric acid groups is 2.